The molecule has 4 heteroatoms. The molecule has 0 aromatic heterocycles. The molecule has 0 bridgehead atoms. The van der Waals surface area contributed by atoms with Crippen LogP contribution in [0, 0.1) is 0 Å². The Balaban J connectivity index is 3.02. The predicted molar refractivity (Wildman–Crippen MR) is 54.6 cm³/mol. The minimum absolute atomic E-state index is 0.108. The summed E-state index contributed by atoms with van der Waals surface area (Å²) in [6.07, 6.45) is 2.74. The first kappa shape index (κ1) is 10.6. The number of ether oxygens (including phenoxy) is 1. The Morgan fingerprint density at radius 3 is 2.86 bits per heavy atom. The van der Waals surface area contributed by atoms with E-state index in [0.29, 0.717) is 11.3 Å². The monoisotopic (exact) mass is 212 g/mol. The summed E-state index contributed by atoms with van der Waals surface area (Å²) in [6.45, 7) is 0. The second kappa shape index (κ2) is 4.67. The topological polar surface area (TPSA) is 46.5 Å². The lowest BCUT2D eigenvalue weighted by molar-refractivity contribution is -0.107. The largest absolute Gasteiger partial charge is 0.508 e. The highest BCUT2D eigenvalue weighted by Gasteiger charge is 2.00. The predicted octanol–water partition coefficient (Wildman–Crippen LogP) is 2.18. The van der Waals surface area contributed by atoms with Crippen molar-refractivity contribution in [2.75, 3.05) is 7.11 Å². The van der Waals surface area contributed by atoms with Gasteiger partial charge in [-0.05, 0) is 35.9 Å². The van der Waals surface area contributed by atoms with E-state index in [1.165, 1.54) is 31.4 Å². The molecule has 0 spiro atoms. The van der Waals surface area contributed by atoms with Crippen molar-refractivity contribution >= 4 is 22.9 Å². The Kier molecular flexibility index (Phi) is 3.54. The number of carbonyl (C=O) groups is 1. The summed E-state index contributed by atoms with van der Waals surface area (Å²) in [4.78, 5) is 10.5. The zero-order valence-corrected chi connectivity index (χ0v) is 8.28. The van der Waals surface area contributed by atoms with E-state index < -0.39 is 5.24 Å². The fourth-order valence-electron chi connectivity index (χ4n) is 0.993. The van der Waals surface area contributed by atoms with E-state index in [4.69, 9.17) is 21.4 Å². The number of carbonyl (C=O) groups excluding carboxylic acids is 1. The molecule has 0 atom stereocenters. The molecule has 0 aliphatic carbocycles. The van der Waals surface area contributed by atoms with Crippen LogP contribution in [0.15, 0.2) is 24.3 Å². The fraction of sp³-hybridized carbons (Fsp3) is 0.100. The molecule has 74 valence electrons. The summed E-state index contributed by atoms with van der Waals surface area (Å²) in [7, 11) is 1.48. The zero-order valence-electron chi connectivity index (χ0n) is 7.53. The lowest BCUT2D eigenvalue weighted by Crippen LogP contribution is -1.86. The molecular formula is C10H9ClO3. The maximum atomic E-state index is 10.5. The molecule has 0 saturated heterocycles. The molecule has 1 aromatic carbocycles. The van der Waals surface area contributed by atoms with Gasteiger partial charge in [-0.25, -0.2) is 0 Å². The number of allylic oxidation sites excluding steroid dienone is 1. The zero-order chi connectivity index (χ0) is 10.6. The molecule has 0 unspecified atom stereocenters. The van der Waals surface area contributed by atoms with E-state index in [9.17, 15) is 4.79 Å². The van der Waals surface area contributed by atoms with E-state index in [0.717, 1.165) is 0 Å². The van der Waals surface area contributed by atoms with Gasteiger partial charge in [0.05, 0.1) is 7.11 Å². The van der Waals surface area contributed by atoms with Crippen LogP contribution in [0.25, 0.3) is 6.08 Å². The average Bonchev–Trinajstić information content (AvgIpc) is 2.15. The highest BCUT2D eigenvalue weighted by atomic mass is 35.5. The molecule has 0 heterocycles. The first-order chi connectivity index (χ1) is 6.63. The fourth-order valence-corrected chi connectivity index (χ4v) is 1.06. The Morgan fingerprint density at radius 1 is 1.57 bits per heavy atom. The van der Waals surface area contributed by atoms with E-state index in [1.54, 1.807) is 6.07 Å². The highest BCUT2D eigenvalue weighted by molar-refractivity contribution is 6.66. The molecule has 0 aliphatic heterocycles. The minimum atomic E-state index is -0.555. The van der Waals surface area contributed by atoms with Crippen molar-refractivity contribution in [3.05, 3.63) is 29.8 Å². The summed E-state index contributed by atoms with van der Waals surface area (Å²) in [5.74, 6) is 0.593. The second-order valence-corrected chi connectivity index (χ2v) is 2.94. The van der Waals surface area contributed by atoms with Crippen LogP contribution in [0.3, 0.4) is 0 Å². The van der Waals surface area contributed by atoms with Crippen molar-refractivity contribution in [3.63, 3.8) is 0 Å². The van der Waals surface area contributed by atoms with Crippen molar-refractivity contribution in [2.45, 2.75) is 0 Å². The number of rotatable bonds is 3. The van der Waals surface area contributed by atoms with Gasteiger partial charge >= 0.3 is 0 Å². The van der Waals surface area contributed by atoms with Crippen molar-refractivity contribution in [2.24, 2.45) is 0 Å². The third-order valence-corrected chi connectivity index (χ3v) is 1.74. The number of phenols is 1. The molecule has 0 saturated carbocycles. The maximum Gasteiger partial charge on any atom is 0.245 e. The van der Waals surface area contributed by atoms with Gasteiger partial charge in [-0.15, -0.1) is 0 Å². The lowest BCUT2D eigenvalue weighted by Gasteiger charge is -2.04. The quantitative estimate of drug-likeness (QED) is 0.617. The van der Waals surface area contributed by atoms with Crippen LogP contribution in [-0.2, 0) is 4.79 Å². The second-order valence-electron chi connectivity index (χ2n) is 2.56. The summed E-state index contributed by atoms with van der Waals surface area (Å²) in [5.41, 5.74) is 0.680. The number of hydrogen-bond donors (Lipinski definition) is 1. The normalized spacial score (nSPS) is 10.4. The Hall–Kier alpha value is -1.48. The maximum absolute atomic E-state index is 10.5. The molecule has 1 rings (SSSR count). The number of phenolic OH excluding ortho intramolecular Hbond substituents is 1. The summed E-state index contributed by atoms with van der Waals surface area (Å²) in [5, 5.41) is 8.59. The molecule has 0 fully saturated rings. The van der Waals surface area contributed by atoms with Gasteiger partial charge in [-0.3, -0.25) is 4.79 Å². The molecular weight excluding hydrogens is 204 g/mol. The van der Waals surface area contributed by atoms with Crippen molar-refractivity contribution in [3.8, 4) is 11.5 Å². The number of aromatic hydroxyl groups is 1. The van der Waals surface area contributed by atoms with E-state index >= 15 is 0 Å². The summed E-state index contributed by atoms with van der Waals surface area (Å²) in [6, 6.07) is 4.59. The van der Waals surface area contributed by atoms with Gasteiger partial charge in [-0.2, -0.15) is 0 Å². The number of halogens is 1. The van der Waals surface area contributed by atoms with Gasteiger partial charge in [0.2, 0.25) is 5.24 Å². The van der Waals surface area contributed by atoms with Gasteiger partial charge in [0.1, 0.15) is 11.5 Å². The number of methoxy groups -OCH3 is 1. The first-order valence-corrected chi connectivity index (χ1v) is 4.26. The Labute approximate surface area is 86.6 Å². The van der Waals surface area contributed by atoms with Gasteiger partial charge in [0, 0.05) is 11.6 Å². The summed E-state index contributed by atoms with van der Waals surface area (Å²) < 4.78 is 4.99. The molecule has 1 N–H and O–H groups in total. The van der Waals surface area contributed by atoms with Crippen LogP contribution in [0.4, 0.5) is 0 Å². The molecule has 0 aliphatic rings. The van der Waals surface area contributed by atoms with E-state index in [2.05, 4.69) is 0 Å². The summed E-state index contributed by atoms with van der Waals surface area (Å²) >= 11 is 5.14. The molecule has 0 radical (unpaired) electrons. The van der Waals surface area contributed by atoms with Gasteiger partial charge in [0.15, 0.2) is 0 Å². The van der Waals surface area contributed by atoms with Crippen LogP contribution in [0.2, 0.25) is 0 Å². The Bertz CT molecular complexity index is 372. The van der Waals surface area contributed by atoms with Crippen LogP contribution in [-0.4, -0.2) is 17.5 Å². The van der Waals surface area contributed by atoms with Crippen LogP contribution in [0.1, 0.15) is 5.56 Å². The SMILES string of the molecule is COc1cc(O)ccc1/C=C/C(=O)Cl. The third kappa shape index (κ3) is 2.78. The molecule has 14 heavy (non-hydrogen) atoms. The van der Waals surface area contributed by atoms with Crippen molar-refractivity contribution in [1.29, 1.82) is 0 Å². The smallest absolute Gasteiger partial charge is 0.245 e. The van der Waals surface area contributed by atoms with E-state index in [1.807, 2.05) is 0 Å². The van der Waals surface area contributed by atoms with Gasteiger partial charge in [-0.1, -0.05) is 0 Å². The average molecular weight is 213 g/mol. The van der Waals surface area contributed by atoms with Crippen LogP contribution in [0.5, 0.6) is 11.5 Å². The van der Waals surface area contributed by atoms with Crippen LogP contribution >= 0.6 is 11.6 Å². The van der Waals surface area contributed by atoms with Crippen molar-refractivity contribution < 1.29 is 14.6 Å². The van der Waals surface area contributed by atoms with Gasteiger partial charge < -0.3 is 9.84 Å². The minimum Gasteiger partial charge on any atom is -0.508 e. The molecule has 1 aromatic rings. The molecule has 3 nitrogen and oxygen atoms in total. The number of benzene rings is 1. The van der Waals surface area contributed by atoms with Crippen LogP contribution < -0.4 is 4.74 Å². The van der Waals surface area contributed by atoms with Gasteiger partial charge in [0.25, 0.3) is 0 Å². The lowest BCUT2D eigenvalue weighted by atomic mass is 10.2. The van der Waals surface area contributed by atoms with E-state index in [-0.39, 0.29) is 5.75 Å². The van der Waals surface area contributed by atoms with Crippen molar-refractivity contribution in [1.82, 2.24) is 0 Å². The third-order valence-electron chi connectivity index (χ3n) is 1.61. The Morgan fingerprint density at radius 2 is 2.29 bits per heavy atom. The standard InChI is InChI=1S/C10H9ClO3/c1-14-9-6-8(12)4-2-7(9)3-5-10(11)13/h2-6,12H,1H3/b5-3+. The molecule has 0 amide bonds. The highest BCUT2D eigenvalue weighted by Crippen LogP contribution is 2.24. The number of hydrogen-bond acceptors (Lipinski definition) is 3. The first-order valence-electron chi connectivity index (χ1n) is 3.88.